The highest BCUT2D eigenvalue weighted by Gasteiger charge is 2.43. The molecule has 39 heavy (non-hydrogen) atoms. The number of likely N-dealkylation sites (N-methyl/N-ethyl adjacent to an activating group) is 1. The number of amides is 2. The first kappa shape index (κ1) is 32.7. The molecule has 1 aromatic rings. The molecule has 220 valence electrons. The van der Waals surface area contributed by atoms with Gasteiger partial charge in [-0.25, -0.2) is 14.6 Å². The van der Waals surface area contributed by atoms with Crippen LogP contribution < -0.4 is 0 Å². The van der Waals surface area contributed by atoms with E-state index in [0.717, 1.165) is 37.1 Å². The third-order valence-electron chi connectivity index (χ3n) is 8.35. The van der Waals surface area contributed by atoms with E-state index in [4.69, 9.17) is 4.74 Å². The number of carbonyl (C=O) groups excluding carboxylic acids is 3. The van der Waals surface area contributed by atoms with E-state index < -0.39 is 29.6 Å². The Hall–Kier alpha value is -2.53. The Kier molecular flexibility index (Phi) is 11.5. The van der Waals surface area contributed by atoms with Crippen molar-refractivity contribution in [2.45, 2.75) is 84.4 Å². The fraction of sp³-hybridized carbons (Fsp3) is 0.750. The molecule has 0 aromatic carbocycles. The van der Waals surface area contributed by atoms with Crippen molar-refractivity contribution in [1.29, 1.82) is 0 Å². The summed E-state index contributed by atoms with van der Waals surface area (Å²) in [6, 6.07) is -0.346. The number of hydrogen-bond acceptors (Lipinski definition) is 8. The Morgan fingerprint density at radius 3 is 2.31 bits per heavy atom. The second kappa shape index (κ2) is 13.7. The SMILES string of the molecule is CC[C@H](C)[C@H](CC(=O)[C@@]1(C)CCCN1C)C(=O)N(C)[C@H](C[C@@H](OC(=O)N(C)C)c1nc(C(=O)O)cs1)C(C)C. The lowest BCUT2D eigenvalue weighted by Gasteiger charge is -2.38. The molecule has 0 saturated carbocycles. The van der Waals surface area contributed by atoms with Gasteiger partial charge in [0.05, 0.1) is 5.54 Å². The van der Waals surface area contributed by atoms with E-state index in [1.807, 2.05) is 41.7 Å². The van der Waals surface area contributed by atoms with Crippen molar-refractivity contribution >= 4 is 35.1 Å². The van der Waals surface area contributed by atoms with E-state index in [9.17, 15) is 24.3 Å². The molecular formula is C28H46N4O6S. The molecule has 10 nitrogen and oxygen atoms in total. The Morgan fingerprint density at radius 1 is 1.21 bits per heavy atom. The minimum absolute atomic E-state index is 0.00599. The first-order valence-corrected chi connectivity index (χ1v) is 14.6. The van der Waals surface area contributed by atoms with Crippen LogP contribution in [0.1, 0.15) is 88.3 Å². The molecule has 1 fully saturated rings. The number of carboxylic acid groups (broad SMARTS) is 1. The van der Waals surface area contributed by atoms with Gasteiger partial charge in [-0.2, -0.15) is 0 Å². The first-order chi connectivity index (χ1) is 18.1. The van der Waals surface area contributed by atoms with Crippen LogP contribution in [0, 0.1) is 17.8 Å². The number of aromatic carboxylic acids is 1. The van der Waals surface area contributed by atoms with Gasteiger partial charge < -0.3 is 19.6 Å². The monoisotopic (exact) mass is 566 g/mol. The summed E-state index contributed by atoms with van der Waals surface area (Å²) in [6.07, 6.45) is 1.51. The largest absolute Gasteiger partial charge is 0.476 e. The number of aromatic nitrogens is 1. The molecule has 0 spiro atoms. The Balaban J connectivity index is 2.34. The molecule has 5 atom stereocenters. The fourth-order valence-electron chi connectivity index (χ4n) is 5.17. The van der Waals surface area contributed by atoms with Crippen LogP contribution in [0.3, 0.4) is 0 Å². The molecule has 2 amide bonds. The zero-order valence-electron chi connectivity index (χ0n) is 24.9. The van der Waals surface area contributed by atoms with E-state index in [2.05, 4.69) is 9.88 Å². The smallest absolute Gasteiger partial charge is 0.409 e. The molecular weight excluding hydrogens is 520 g/mol. The topological polar surface area (TPSA) is 120 Å². The quantitative estimate of drug-likeness (QED) is 0.369. The Labute approximate surface area is 236 Å². The third kappa shape index (κ3) is 7.78. The molecule has 1 aliphatic rings. The van der Waals surface area contributed by atoms with Gasteiger partial charge in [0.25, 0.3) is 0 Å². The van der Waals surface area contributed by atoms with Crippen molar-refractivity contribution in [3.05, 3.63) is 16.1 Å². The van der Waals surface area contributed by atoms with Crippen LogP contribution in [0.2, 0.25) is 0 Å². The van der Waals surface area contributed by atoms with Crippen LogP contribution in [0.4, 0.5) is 4.79 Å². The summed E-state index contributed by atoms with van der Waals surface area (Å²) < 4.78 is 5.73. The van der Waals surface area contributed by atoms with Gasteiger partial charge in [-0.1, -0.05) is 34.1 Å². The van der Waals surface area contributed by atoms with Crippen molar-refractivity contribution in [3.8, 4) is 0 Å². The molecule has 1 aromatic heterocycles. The van der Waals surface area contributed by atoms with Crippen LogP contribution in [0.25, 0.3) is 0 Å². The van der Waals surface area contributed by atoms with Crippen LogP contribution >= 0.6 is 11.3 Å². The summed E-state index contributed by atoms with van der Waals surface area (Å²) in [5.41, 5.74) is -0.674. The predicted octanol–water partition coefficient (Wildman–Crippen LogP) is 4.56. The number of ketones is 1. The number of Topliss-reactive ketones (excluding diaryl/α,β-unsaturated/α-hetero) is 1. The molecule has 1 saturated heterocycles. The predicted molar refractivity (Wildman–Crippen MR) is 151 cm³/mol. The summed E-state index contributed by atoms with van der Waals surface area (Å²) in [5.74, 6) is -1.65. The maximum absolute atomic E-state index is 14.0. The second-order valence-electron chi connectivity index (χ2n) is 11.6. The molecule has 0 aliphatic carbocycles. The molecule has 0 bridgehead atoms. The number of hydrogen-bond donors (Lipinski definition) is 1. The number of rotatable bonds is 13. The van der Waals surface area contributed by atoms with Crippen LogP contribution in [-0.2, 0) is 14.3 Å². The van der Waals surface area contributed by atoms with Crippen LogP contribution in [0.15, 0.2) is 5.38 Å². The lowest BCUT2D eigenvalue weighted by atomic mass is 9.80. The molecule has 1 N–H and O–H groups in total. The highest BCUT2D eigenvalue weighted by molar-refractivity contribution is 7.09. The van der Waals surface area contributed by atoms with Gasteiger partial charge in [0.15, 0.2) is 17.6 Å². The highest BCUT2D eigenvalue weighted by atomic mass is 32.1. The van der Waals surface area contributed by atoms with Crippen LogP contribution in [0.5, 0.6) is 0 Å². The molecule has 2 heterocycles. The minimum Gasteiger partial charge on any atom is -0.476 e. The van der Waals surface area contributed by atoms with Gasteiger partial charge in [0.1, 0.15) is 5.01 Å². The Bertz CT molecular complexity index is 1030. The van der Waals surface area contributed by atoms with Crippen LogP contribution in [-0.4, -0.2) is 94.9 Å². The number of thiazole rings is 1. The highest BCUT2D eigenvalue weighted by Crippen LogP contribution is 2.35. The maximum atomic E-state index is 14.0. The zero-order valence-corrected chi connectivity index (χ0v) is 25.7. The summed E-state index contributed by atoms with van der Waals surface area (Å²) in [5, 5.41) is 11.1. The third-order valence-corrected chi connectivity index (χ3v) is 9.29. The Morgan fingerprint density at radius 2 is 1.85 bits per heavy atom. The van der Waals surface area contributed by atoms with E-state index in [1.54, 1.807) is 26.0 Å². The standard InChI is InChI=1S/C28H46N4O6S/c1-10-18(4)19(14-23(33)28(5)12-11-13-31(28)8)25(34)32(9)21(17(2)3)15-22(38-27(37)30(6)7)24-29-20(16-39-24)26(35)36/h16-19,21-22H,10-15H2,1-9H3,(H,35,36)/t18-,19-,21+,22+,28+/m0/s1. The van der Waals surface area contributed by atoms with Crippen molar-refractivity contribution < 1.29 is 29.0 Å². The maximum Gasteiger partial charge on any atom is 0.409 e. The average molecular weight is 567 g/mol. The number of likely N-dealkylation sites (tertiary alicyclic amines) is 1. The number of nitrogens with zero attached hydrogens (tertiary/aromatic N) is 4. The fourth-order valence-corrected chi connectivity index (χ4v) is 6.00. The second-order valence-corrected chi connectivity index (χ2v) is 12.4. The van der Waals surface area contributed by atoms with E-state index in [-0.39, 0.29) is 48.1 Å². The lowest BCUT2D eigenvalue weighted by Crippen LogP contribution is -2.50. The van der Waals surface area contributed by atoms with Gasteiger partial charge in [0, 0.05) is 51.3 Å². The summed E-state index contributed by atoms with van der Waals surface area (Å²) in [7, 11) is 6.84. The minimum atomic E-state index is -1.16. The molecule has 1 aliphatic heterocycles. The number of carbonyl (C=O) groups is 4. The normalized spacial score (nSPS) is 20.8. The zero-order chi connectivity index (χ0) is 29.7. The average Bonchev–Trinajstić information content (AvgIpc) is 3.50. The van der Waals surface area contributed by atoms with Gasteiger partial charge in [0.2, 0.25) is 5.91 Å². The molecule has 2 rings (SSSR count). The van der Waals surface area contributed by atoms with Crippen molar-refractivity contribution in [2.24, 2.45) is 17.8 Å². The van der Waals surface area contributed by atoms with E-state index in [1.165, 1.54) is 10.3 Å². The van der Waals surface area contributed by atoms with Gasteiger partial charge >= 0.3 is 12.1 Å². The summed E-state index contributed by atoms with van der Waals surface area (Å²) in [4.78, 5) is 60.7. The van der Waals surface area contributed by atoms with Crippen molar-refractivity contribution in [2.75, 3.05) is 34.7 Å². The summed E-state index contributed by atoms with van der Waals surface area (Å²) >= 11 is 1.11. The van der Waals surface area contributed by atoms with E-state index in [0.29, 0.717) is 5.01 Å². The van der Waals surface area contributed by atoms with Gasteiger partial charge in [-0.15, -0.1) is 11.3 Å². The lowest BCUT2D eigenvalue weighted by molar-refractivity contribution is -0.143. The summed E-state index contributed by atoms with van der Waals surface area (Å²) in [6.45, 7) is 10.9. The van der Waals surface area contributed by atoms with Crippen molar-refractivity contribution in [3.63, 3.8) is 0 Å². The van der Waals surface area contributed by atoms with E-state index >= 15 is 0 Å². The van der Waals surface area contributed by atoms with Gasteiger partial charge in [-0.05, 0) is 45.2 Å². The van der Waals surface area contributed by atoms with Gasteiger partial charge in [-0.3, -0.25) is 14.5 Å². The van der Waals surface area contributed by atoms with Crippen molar-refractivity contribution in [1.82, 2.24) is 19.7 Å². The number of ether oxygens (including phenoxy) is 1. The molecule has 0 unspecified atom stereocenters. The molecule has 11 heteroatoms. The number of carboxylic acids is 1. The first-order valence-electron chi connectivity index (χ1n) is 13.7. The molecule has 0 radical (unpaired) electrons.